The van der Waals surface area contributed by atoms with Crippen LogP contribution in [0.5, 0.6) is 0 Å². The maximum Gasteiger partial charge on any atom is 0.0443 e. The lowest BCUT2D eigenvalue weighted by atomic mass is 10.0. The molecule has 1 aromatic carbocycles. The number of aliphatic hydroxyl groups is 1. The SMILES string of the molecule is OCCCNC1CCCN(Cc2ccc(Cl)cc2)C1. The molecule has 0 spiro atoms. The molecule has 1 atom stereocenters. The van der Waals surface area contributed by atoms with E-state index in [0.29, 0.717) is 6.04 Å². The molecule has 106 valence electrons. The van der Waals surface area contributed by atoms with E-state index >= 15 is 0 Å². The standard InChI is InChI=1S/C15H23ClN2O/c16-14-6-4-13(5-7-14)11-18-9-1-3-15(12-18)17-8-2-10-19/h4-7,15,17,19H,1-3,8-12H2. The third-order valence-corrected chi connectivity index (χ3v) is 3.84. The normalized spacial score (nSPS) is 20.6. The second-order valence-corrected chi connectivity index (χ2v) is 5.67. The van der Waals surface area contributed by atoms with Crippen molar-refractivity contribution in [1.82, 2.24) is 10.2 Å². The third-order valence-electron chi connectivity index (χ3n) is 3.59. The minimum Gasteiger partial charge on any atom is -0.396 e. The molecular weight excluding hydrogens is 260 g/mol. The Hall–Kier alpha value is -0.610. The predicted molar refractivity (Wildman–Crippen MR) is 79.5 cm³/mol. The average Bonchev–Trinajstić information content (AvgIpc) is 2.42. The molecule has 1 aromatic rings. The predicted octanol–water partition coefficient (Wildman–Crippen LogP) is 2.28. The van der Waals surface area contributed by atoms with Crippen molar-refractivity contribution in [3.63, 3.8) is 0 Å². The van der Waals surface area contributed by atoms with Gasteiger partial charge in [0.2, 0.25) is 0 Å². The van der Waals surface area contributed by atoms with Crippen LogP contribution in [0.25, 0.3) is 0 Å². The van der Waals surface area contributed by atoms with Gasteiger partial charge in [0.05, 0.1) is 0 Å². The Morgan fingerprint density at radius 3 is 2.84 bits per heavy atom. The average molecular weight is 283 g/mol. The first-order valence-electron chi connectivity index (χ1n) is 7.09. The Balaban J connectivity index is 1.78. The number of aliphatic hydroxyl groups excluding tert-OH is 1. The minimum atomic E-state index is 0.272. The summed E-state index contributed by atoms with van der Waals surface area (Å²) in [6.07, 6.45) is 3.32. The van der Waals surface area contributed by atoms with Crippen molar-refractivity contribution in [2.24, 2.45) is 0 Å². The smallest absolute Gasteiger partial charge is 0.0443 e. The Kier molecular flexibility index (Phi) is 6.11. The highest BCUT2D eigenvalue weighted by Crippen LogP contribution is 2.15. The molecule has 2 rings (SSSR count). The quantitative estimate of drug-likeness (QED) is 0.786. The number of rotatable bonds is 6. The molecule has 2 N–H and O–H groups in total. The maximum absolute atomic E-state index is 8.80. The highest BCUT2D eigenvalue weighted by molar-refractivity contribution is 6.30. The highest BCUT2D eigenvalue weighted by atomic mass is 35.5. The molecule has 1 fully saturated rings. The fourth-order valence-corrected chi connectivity index (χ4v) is 2.73. The second-order valence-electron chi connectivity index (χ2n) is 5.23. The summed E-state index contributed by atoms with van der Waals surface area (Å²) in [4.78, 5) is 2.49. The summed E-state index contributed by atoms with van der Waals surface area (Å²) in [6.45, 7) is 4.44. The van der Waals surface area contributed by atoms with Crippen molar-refractivity contribution in [1.29, 1.82) is 0 Å². The van der Waals surface area contributed by atoms with Crippen molar-refractivity contribution in [2.45, 2.75) is 31.8 Å². The summed E-state index contributed by atoms with van der Waals surface area (Å²) in [5.74, 6) is 0. The fraction of sp³-hybridized carbons (Fsp3) is 0.600. The van der Waals surface area contributed by atoms with Crippen LogP contribution in [0, 0.1) is 0 Å². The lowest BCUT2D eigenvalue weighted by Crippen LogP contribution is -2.45. The summed E-state index contributed by atoms with van der Waals surface area (Å²) >= 11 is 5.90. The summed E-state index contributed by atoms with van der Waals surface area (Å²) in [5, 5.41) is 13.1. The molecule has 0 radical (unpaired) electrons. The second kappa shape index (κ2) is 7.85. The number of nitrogens with one attached hydrogen (secondary N) is 1. The first kappa shape index (κ1) is 14.8. The molecule has 1 aliphatic rings. The van der Waals surface area contributed by atoms with E-state index in [9.17, 15) is 0 Å². The van der Waals surface area contributed by atoms with E-state index in [1.54, 1.807) is 0 Å². The van der Waals surface area contributed by atoms with Gasteiger partial charge in [-0.2, -0.15) is 0 Å². The zero-order chi connectivity index (χ0) is 13.5. The largest absolute Gasteiger partial charge is 0.396 e. The molecule has 0 aliphatic carbocycles. The van der Waals surface area contributed by atoms with E-state index in [2.05, 4.69) is 22.3 Å². The van der Waals surface area contributed by atoms with Crippen LogP contribution in [0.15, 0.2) is 24.3 Å². The van der Waals surface area contributed by atoms with Gasteiger partial charge in [0, 0.05) is 30.8 Å². The van der Waals surface area contributed by atoms with Gasteiger partial charge in [-0.05, 0) is 50.0 Å². The van der Waals surface area contributed by atoms with Crippen LogP contribution in [0.3, 0.4) is 0 Å². The lowest BCUT2D eigenvalue weighted by molar-refractivity contribution is 0.181. The topological polar surface area (TPSA) is 35.5 Å². The van der Waals surface area contributed by atoms with E-state index in [1.165, 1.54) is 24.9 Å². The summed E-state index contributed by atoms with van der Waals surface area (Å²) in [5.41, 5.74) is 1.32. The van der Waals surface area contributed by atoms with Gasteiger partial charge in [-0.25, -0.2) is 0 Å². The van der Waals surface area contributed by atoms with Gasteiger partial charge in [0.15, 0.2) is 0 Å². The molecule has 0 aromatic heterocycles. The first-order chi connectivity index (χ1) is 9.28. The van der Waals surface area contributed by atoms with Gasteiger partial charge in [-0.15, -0.1) is 0 Å². The molecular formula is C15H23ClN2O. The number of halogens is 1. The lowest BCUT2D eigenvalue weighted by Gasteiger charge is -2.33. The van der Waals surface area contributed by atoms with Crippen molar-refractivity contribution >= 4 is 11.6 Å². The summed E-state index contributed by atoms with van der Waals surface area (Å²) < 4.78 is 0. The zero-order valence-electron chi connectivity index (χ0n) is 11.3. The number of hydrogen-bond acceptors (Lipinski definition) is 3. The van der Waals surface area contributed by atoms with Gasteiger partial charge < -0.3 is 10.4 Å². The minimum absolute atomic E-state index is 0.272. The van der Waals surface area contributed by atoms with Crippen LogP contribution in [0.2, 0.25) is 5.02 Å². The van der Waals surface area contributed by atoms with E-state index in [0.717, 1.165) is 31.1 Å². The van der Waals surface area contributed by atoms with Gasteiger partial charge in [-0.3, -0.25) is 4.90 Å². The Labute approximate surface area is 120 Å². The maximum atomic E-state index is 8.80. The first-order valence-corrected chi connectivity index (χ1v) is 7.47. The molecule has 1 aliphatic heterocycles. The number of benzene rings is 1. The summed E-state index contributed by atoms with van der Waals surface area (Å²) in [7, 11) is 0. The van der Waals surface area contributed by atoms with Crippen molar-refractivity contribution in [3.05, 3.63) is 34.9 Å². The van der Waals surface area contributed by atoms with Crippen molar-refractivity contribution in [3.8, 4) is 0 Å². The van der Waals surface area contributed by atoms with Crippen LogP contribution in [-0.4, -0.2) is 42.3 Å². The Bertz CT molecular complexity index is 369. The van der Waals surface area contributed by atoms with Gasteiger partial charge in [0.25, 0.3) is 0 Å². The number of hydrogen-bond donors (Lipinski definition) is 2. The highest BCUT2D eigenvalue weighted by Gasteiger charge is 2.19. The molecule has 1 unspecified atom stereocenters. The Morgan fingerprint density at radius 1 is 1.32 bits per heavy atom. The molecule has 1 saturated heterocycles. The van der Waals surface area contributed by atoms with Gasteiger partial charge in [0.1, 0.15) is 0 Å². The fourth-order valence-electron chi connectivity index (χ4n) is 2.60. The molecule has 0 amide bonds. The number of piperidine rings is 1. The molecule has 0 saturated carbocycles. The molecule has 4 heteroatoms. The van der Waals surface area contributed by atoms with E-state index in [4.69, 9.17) is 16.7 Å². The van der Waals surface area contributed by atoms with Crippen LogP contribution in [0.1, 0.15) is 24.8 Å². The van der Waals surface area contributed by atoms with Crippen LogP contribution in [0.4, 0.5) is 0 Å². The number of likely N-dealkylation sites (tertiary alicyclic amines) is 1. The Morgan fingerprint density at radius 2 is 2.11 bits per heavy atom. The monoisotopic (exact) mass is 282 g/mol. The molecule has 19 heavy (non-hydrogen) atoms. The molecule has 0 bridgehead atoms. The van der Waals surface area contributed by atoms with Crippen molar-refractivity contribution in [2.75, 3.05) is 26.2 Å². The molecule has 3 nitrogen and oxygen atoms in total. The van der Waals surface area contributed by atoms with E-state index < -0.39 is 0 Å². The third kappa shape index (κ3) is 5.11. The number of nitrogens with zero attached hydrogens (tertiary/aromatic N) is 1. The van der Waals surface area contributed by atoms with Gasteiger partial charge >= 0.3 is 0 Å². The van der Waals surface area contributed by atoms with Crippen LogP contribution < -0.4 is 5.32 Å². The zero-order valence-corrected chi connectivity index (χ0v) is 12.1. The summed E-state index contributed by atoms with van der Waals surface area (Å²) in [6, 6.07) is 8.68. The molecule has 1 heterocycles. The van der Waals surface area contributed by atoms with E-state index in [-0.39, 0.29) is 6.61 Å². The van der Waals surface area contributed by atoms with Crippen molar-refractivity contribution < 1.29 is 5.11 Å². The van der Waals surface area contributed by atoms with Gasteiger partial charge in [-0.1, -0.05) is 23.7 Å². The van der Waals surface area contributed by atoms with Crippen LogP contribution in [-0.2, 0) is 6.54 Å². The van der Waals surface area contributed by atoms with Crippen LogP contribution >= 0.6 is 11.6 Å². The van der Waals surface area contributed by atoms with E-state index in [1.807, 2.05) is 12.1 Å².